The third kappa shape index (κ3) is 4.72. The van der Waals surface area contributed by atoms with Gasteiger partial charge >= 0.3 is 0 Å². The van der Waals surface area contributed by atoms with Gasteiger partial charge in [0.1, 0.15) is 0 Å². The molecule has 0 amide bonds. The van der Waals surface area contributed by atoms with Crippen LogP contribution in [0.4, 0.5) is 0 Å². The molecule has 1 rings (SSSR count). The van der Waals surface area contributed by atoms with E-state index in [-0.39, 0.29) is 16.7 Å². The second-order valence-electron chi connectivity index (χ2n) is 3.55. The maximum absolute atomic E-state index is 11.5. The normalized spacial score (nSPS) is 25.1. The first kappa shape index (κ1) is 12.4. The number of hydrogen-bond acceptors (Lipinski definition) is 3. The fourth-order valence-electron chi connectivity index (χ4n) is 1.32. The number of sulfonamides is 1. The molecule has 14 heavy (non-hydrogen) atoms. The van der Waals surface area contributed by atoms with Crippen LogP contribution >= 0.6 is 15.9 Å². The second-order valence-corrected chi connectivity index (χ2v) is 6.96. The zero-order valence-electron chi connectivity index (χ0n) is 8.20. The summed E-state index contributed by atoms with van der Waals surface area (Å²) in [5.74, 6) is 0.0900. The van der Waals surface area contributed by atoms with Gasteiger partial charge in [-0.3, -0.25) is 0 Å². The molecule has 2 unspecified atom stereocenters. The van der Waals surface area contributed by atoms with Gasteiger partial charge < -0.3 is 4.74 Å². The molecule has 84 valence electrons. The summed E-state index contributed by atoms with van der Waals surface area (Å²) < 4.78 is 30.8. The lowest BCUT2D eigenvalue weighted by atomic mass is 10.3. The summed E-state index contributed by atoms with van der Waals surface area (Å²) in [4.78, 5) is 0.154. The zero-order chi connectivity index (χ0) is 10.6. The van der Waals surface area contributed by atoms with Crippen molar-refractivity contribution in [3.05, 3.63) is 0 Å². The zero-order valence-corrected chi connectivity index (χ0v) is 10.6. The Balaban J connectivity index is 2.33. The predicted octanol–water partition coefficient (Wildman–Crippen LogP) is 0.868. The number of rotatable bonds is 5. The van der Waals surface area contributed by atoms with Crippen molar-refractivity contribution in [3.63, 3.8) is 0 Å². The highest BCUT2D eigenvalue weighted by molar-refractivity contribution is 9.09. The average Bonchev–Trinajstić information content (AvgIpc) is 2.53. The van der Waals surface area contributed by atoms with Gasteiger partial charge in [-0.2, -0.15) is 0 Å². The van der Waals surface area contributed by atoms with Gasteiger partial charge in [-0.15, -0.1) is 0 Å². The minimum atomic E-state index is -3.17. The molecule has 4 nitrogen and oxygen atoms in total. The van der Waals surface area contributed by atoms with E-state index in [9.17, 15) is 8.42 Å². The number of alkyl halides is 1. The molecule has 0 aromatic heterocycles. The monoisotopic (exact) mass is 285 g/mol. The Morgan fingerprint density at radius 1 is 1.64 bits per heavy atom. The molecular formula is C8H16BrNO3S. The van der Waals surface area contributed by atoms with E-state index in [1.54, 1.807) is 0 Å². The van der Waals surface area contributed by atoms with Gasteiger partial charge in [0.15, 0.2) is 0 Å². The van der Waals surface area contributed by atoms with Gasteiger partial charge in [-0.1, -0.05) is 22.9 Å². The first-order valence-electron chi connectivity index (χ1n) is 4.72. The standard InChI is InChI=1S/C8H16BrNO3S/c1-7(9)5-10-14(11,12)6-8-3-2-4-13-8/h7-8,10H,2-6H2,1H3. The summed E-state index contributed by atoms with van der Waals surface area (Å²) in [5.41, 5.74) is 0. The molecule has 1 heterocycles. The molecule has 1 saturated heterocycles. The topological polar surface area (TPSA) is 55.4 Å². The first-order valence-corrected chi connectivity index (χ1v) is 7.29. The highest BCUT2D eigenvalue weighted by atomic mass is 79.9. The van der Waals surface area contributed by atoms with Crippen LogP contribution in [0.3, 0.4) is 0 Å². The van der Waals surface area contributed by atoms with Crippen LogP contribution in [0, 0.1) is 0 Å². The summed E-state index contributed by atoms with van der Waals surface area (Å²) >= 11 is 3.28. The maximum Gasteiger partial charge on any atom is 0.214 e. The molecule has 1 aliphatic rings. The Kier molecular flexibility index (Phi) is 4.82. The SMILES string of the molecule is CC(Br)CNS(=O)(=O)CC1CCCO1. The molecular weight excluding hydrogens is 270 g/mol. The van der Waals surface area contributed by atoms with Crippen LogP contribution in [0.15, 0.2) is 0 Å². The molecule has 6 heteroatoms. The highest BCUT2D eigenvalue weighted by Gasteiger charge is 2.22. The second kappa shape index (κ2) is 5.44. The molecule has 1 fully saturated rings. The van der Waals surface area contributed by atoms with Crippen molar-refractivity contribution < 1.29 is 13.2 Å². The first-order chi connectivity index (χ1) is 6.49. The fraction of sp³-hybridized carbons (Fsp3) is 1.00. The van der Waals surface area contributed by atoms with Crippen molar-refractivity contribution in [2.75, 3.05) is 18.9 Å². The third-order valence-corrected chi connectivity index (χ3v) is 3.75. The average molecular weight is 286 g/mol. The number of ether oxygens (including phenoxy) is 1. The fourth-order valence-corrected chi connectivity index (χ4v) is 3.07. The van der Waals surface area contributed by atoms with Gasteiger partial charge in [0.05, 0.1) is 11.9 Å². The molecule has 2 atom stereocenters. The Morgan fingerprint density at radius 3 is 2.86 bits per heavy atom. The van der Waals surface area contributed by atoms with Gasteiger partial charge in [0, 0.05) is 18.0 Å². The molecule has 0 saturated carbocycles. The van der Waals surface area contributed by atoms with E-state index in [0.717, 1.165) is 12.8 Å². The van der Waals surface area contributed by atoms with E-state index in [1.165, 1.54) is 0 Å². The van der Waals surface area contributed by atoms with Crippen molar-refractivity contribution in [3.8, 4) is 0 Å². The molecule has 0 aliphatic carbocycles. The largest absolute Gasteiger partial charge is 0.377 e. The van der Waals surface area contributed by atoms with Gasteiger partial charge in [0.2, 0.25) is 10.0 Å². The molecule has 1 N–H and O–H groups in total. The number of halogens is 1. The van der Waals surface area contributed by atoms with Crippen molar-refractivity contribution in [1.29, 1.82) is 0 Å². The Hall–Kier alpha value is 0.350. The van der Waals surface area contributed by atoms with Crippen LogP contribution in [0.1, 0.15) is 19.8 Å². The Bertz CT molecular complexity index is 260. The molecule has 0 spiro atoms. The van der Waals surface area contributed by atoms with Gasteiger partial charge in [-0.05, 0) is 12.8 Å². The molecule has 0 bridgehead atoms. The Labute approximate surface area is 93.6 Å². The van der Waals surface area contributed by atoms with E-state index in [0.29, 0.717) is 13.2 Å². The van der Waals surface area contributed by atoms with Crippen LogP contribution in [-0.4, -0.2) is 38.3 Å². The highest BCUT2D eigenvalue weighted by Crippen LogP contribution is 2.13. The van der Waals surface area contributed by atoms with E-state index in [1.807, 2.05) is 6.92 Å². The van der Waals surface area contributed by atoms with Crippen LogP contribution in [0.5, 0.6) is 0 Å². The summed E-state index contributed by atoms with van der Waals surface area (Å²) in [6.45, 7) is 3.01. The maximum atomic E-state index is 11.5. The molecule has 1 aliphatic heterocycles. The van der Waals surface area contributed by atoms with Crippen LogP contribution in [-0.2, 0) is 14.8 Å². The lowest BCUT2D eigenvalue weighted by molar-refractivity contribution is 0.127. The predicted molar refractivity (Wildman–Crippen MR) is 59.2 cm³/mol. The van der Waals surface area contributed by atoms with Crippen LogP contribution in [0.2, 0.25) is 0 Å². The smallest absolute Gasteiger partial charge is 0.214 e. The lowest BCUT2D eigenvalue weighted by Gasteiger charge is -2.11. The minimum Gasteiger partial charge on any atom is -0.377 e. The van der Waals surface area contributed by atoms with Gasteiger partial charge in [0.25, 0.3) is 0 Å². The van der Waals surface area contributed by atoms with E-state index in [2.05, 4.69) is 20.7 Å². The third-order valence-electron chi connectivity index (χ3n) is 2.01. The van der Waals surface area contributed by atoms with Crippen LogP contribution < -0.4 is 4.72 Å². The summed E-state index contributed by atoms with van der Waals surface area (Å²) in [6, 6.07) is 0. The minimum absolute atomic E-state index is 0.0900. The van der Waals surface area contributed by atoms with E-state index < -0.39 is 10.0 Å². The van der Waals surface area contributed by atoms with Crippen molar-refractivity contribution in [2.45, 2.75) is 30.7 Å². The number of hydrogen-bond donors (Lipinski definition) is 1. The number of nitrogens with one attached hydrogen (secondary N) is 1. The van der Waals surface area contributed by atoms with Crippen molar-refractivity contribution in [1.82, 2.24) is 4.72 Å². The van der Waals surface area contributed by atoms with Crippen molar-refractivity contribution >= 4 is 26.0 Å². The van der Waals surface area contributed by atoms with Crippen molar-refractivity contribution in [2.24, 2.45) is 0 Å². The van der Waals surface area contributed by atoms with E-state index >= 15 is 0 Å². The molecule has 0 aromatic carbocycles. The van der Waals surface area contributed by atoms with E-state index in [4.69, 9.17) is 4.74 Å². The lowest BCUT2D eigenvalue weighted by Crippen LogP contribution is -2.34. The summed E-state index contributed by atoms with van der Waals surface area (Å²) in [6.07, 6.45) is 1.71. The summed E-state index contributed by atoms with van der Waals surface area (Å²) in [5, 5.41) is 0. The van der Waals surface area contributed by atoms with Gasteiger partial charge in [-0.25, -0.2) is 13.1 Å². The quantitative estimate of drug-likeness (QED) is 0.763. The molecule has 0 radical (unpaired) electrons. The summed E-state index contributed by atoms with van der Waals surface area (Å²) in [7, 11) is -3.17. The van der Waals surface area contributed by atoms with Crippen LogP contribution in [0.25, 0.3) is 0 Å². The Morgan fingerprint density at radius 2 is 2.36 bits per heavy atom. The molecule has 0 aromatic rings.